The summed E-state index contributed by atoms with van der Waals surface area (Å²) in [6.45, 7) is 3.87. The van der Waals surface area contributed by atoms with Crippen LogP contribution in [-0.2, 0) is 0 Å². The summed E-state index contributed by atoms with van der Waals surface area (Å²) in [5, 5.41) is 7.05. The minimum Gasteiger partial charge on any atom is -0.494 e. The van der Waals surface area contributed by atoms with E-state index in [9.17, 15) is 0 Å². The summed E-state index contributed by atoms with van der Waals surface area (Å²) in [5.74, 6) is 0.952. The van der Waals surface area contributed by atoms with E-state index in [0.29, 0.717) is 12.1 Å². The highest BCUT2D eigenvalue weighted by molar-refractivity contribution is 5.30. The molecule has 18 heavy (non-hydrogen) atoms. The van der Waals surface area contributed by atoms with E-state index >= 15 is 0 Å². The zero-order valence-corrected chi connectivity index (χ0v) is 11.4. The van der Waals surface area contributed by atoms with Gasteiger partial charge in [0.05, 0.1) is 6.61 Å². The molecule has 2 atom stereocenters. The summed E-state index contributed by atoms with van der Waals surface area (Å²) in [5.41, 5.74) is 1.33. The van der Waals surface area contributed by atoms with E-state index in [4.69, 9.17) is 4.74 Å². The van der Waals surface area contributed by atoms with Crippen molar-refractivity contribution in [3.05, 3.63) is 29.8 Å². The minimum atomic E-state index is 0.390. The highest BCUT2D eigenvalue weighted by Gasteiger charge is 2.23. The molecular formula is C15H24N2O. The van der Waals surface area contributed by atoms with E-state index < -0.39 is 0 Å². The number of rotatable bonds is 5. The van der Waals surface area contributed by atoms with Gasteiger partial charge in [-0.3, -0.25) is 0 Å². The second kappa shape index (κ2) is 6.76. The molecule has 0 bridgehead atoms. The van der Waals surface area contributed by atoms with Crippen LogP contribution in [0.2, 0.25) is 0 Å². The van der Waals surface area contributed by atoms with E-state index in [1.807, 2.05) is 14.0 Å². The number of nitrogens with one attached hydrogen (secondary N) is 2. The van der Waals surface area contributed by atoms with Crippen LogP contribution in [0.15, 0.2) is 24.3 Å². The monoisotopic (exact) mass is 248 g/mol. The zero-order chi connectivity index (χ0) is 12.8. The molecule has 0 amide bonds. The molecule has 1 heterocycles. The van der Waals surface area contributed by atoms with Gasteiger partial charge < -0.3 is 15.4 Å². The number of ether oxygens (including phenoxy) is 1. The Kier molecular flexibility index (Phi) is 5.02. The Labute approximate surface area is 110 Å². The fraction of sp³-hybridized carbons (Fsp3) is 0.600. The molecule has 3 heteroatoms. The summed E-state index contributed by atoms with van der Waals surface area (Å²) >= 11 is 0. The fourth-order valence-corrected chi connectivity index (χ4v) is 2.70. The molecule has 0 radical (unpaired) electrons. The highest BCUT2D eigenvalue weighted by Crippen LogP contribution is 2.24. The number of benzene rings is 1. The van der Waals surface area contributed by atoms with Gasteiger partial charge >= 0.3 is 0 Å². The lowest BCUT2D eigenvalue weighted by atomic mass is 9.93. The number of piperidine rings is 1. The lowest BCUT2D eigenvalue weighted by molar-refractivity contribution is 0.325. The van der Waals surface area contributed by atoms with Crippen molar-refractivity contribution in [1.29, 1.82) is 0 Å². The van der Waals surface area contributed by atoms with Crippen LogP contribution in [0.3, 0.4) is 0 Å². The van der Waals surface area contributed by atoms with Crippen molar-refractivity contribution in [1.82, 2.24) is 10.6 Å². The molecule has 2 unspecified atom stereocenters. The predicted molar refractivity (Wildman–Crippen MR) is 75.1 cm³/mol. The van der Waals surface area contributed by atoms with E-state index in [0.717, 1.165) is 18.9 Å². The van der Waals surface area contributed by atoms with E-state index in [1.165, 1.54) is 24.8 Å². The van der Waals surface area contributed by atoms with Gasteiger partial charge in [-0.25, -0.2) is 0 Å². The molecule has 0 saturated carbocycles. The molecule has 1 fully saturated rings. The van der Waals surface area contributed by atoms with Crippen LogP contribution >= 0.6 is 0 Å². The highest BCUT2D eigenvalue weighted by atomic mass is 16.5. The van der Waals surface area contributed by atoms with Gasteiger partial charge in [-0.1, -0.05) is 18.6 Å². The normalized spacial score (nSPS) is 21.6. The molecule has 0 aliphatic carbocycles. The summed E-state index contributed by atoms with van der Waals surface area (Å²) in [6, 6.07) is 9.39. The molecule has 2 N–H and O–H groups in total. The van der Waals surface area contributed by atoms with Crippen molar-refractivity contribution in [2.75, 3.05) is 20.2 Å². The lowest BCUT2D eigenvalue weighted by Gasteiger charge is -2.31. The van der Waals surface area contributed by atoms with Crippen molar-refractivity contribution < 1.29 is 4.74 Å². The maximum atomic E-state index is 5.48. The molecule has 0 spiro atoms. The van der Waals surface area contributed by atoms with Gasteiger partial charge in [-0.15, -0.1) is 0 Å². The average molecular weight is 248 g/mol. The maximum absolute atomic E-state index is 5.48. The first-order valence-corrected chi connectivity index (χ1v) is 6.98. The van der Waals surface area contributed by atoms with Crippen LogP contribution in [0.5, 0.6) is 5.75 Å². The van der Waals surface area contributed by atoms with Gasteiger partial charge in [0.1, 0.15) is 5.75 Å². The Hall–Kier alpha value is -1.06. The van der Waals surface area contributed by atoms with Gasteiger partial charge in [-0.05, 0) is 51.1 Å². The van der Waals surface area contributed by atoms with E-state index in [-0.39, 0.29) is 0 Å². The first-order chi connectivity index (χ1) is 8.85. The quantitative estimate of drug-likeness (QED) is 0.840. The second-order valence-corrected chi connectivity index (χ2v) is 4.82. The molecule has 1 aliphatic rings. The summed E-state index contributed by atoms with van der Waals surface area (Å²) in [6.07, 6.45) is 3.88. The average Bonchev–Trinajstić information content (AvgIpc) is 2.43. The zero-order valence-electron chi connectivity index (χ0n) is 11.4. The second-order valence-electron chi connectivity index (χ2n) is 4.82. The number of likely N-dealkylation sites (N-methyl/N-ethyl adjacent to an activating group) is 1. The smallest absolute Gasteiger partial charge is 0.119 e. The summed E-state index contributed by atoms with van der Waals surface area (Å²) in [7, 11) is 2.04. The summed E-state index contributed by atoms with van der Waals surface area (Å²) in [4.78, 5) is 0. The third-order valence-electron chi connectivity index (χ3n) is 3.61. The Bertz CT molecular complexity index is 344. The number of hydrogen-bond acceptors (Lipinski definition) is 3. The van der Waals surface area contributed by atoms with E-state index in [2.05, 4.69) is 34.9 Å². The van der Waals surface area contributed by atoms with Crippen molar-refractivity contribution in [2.45, 2.75) is 38.3 Å². The Morgan fingerprint density at radius 1 is 1.33 bits per heavy atom. The van der Waals surface area contributed by atoms with Crippen LogP contribution in [-0.4, -0.2) is 26.2 Å². The van der Waals surface area contributed by atoms with Crippen LogP contribution in [0.1, 0.15) is 37.8 Å². The largest absolute Gasteiger partial charge is 0.494 e. The van der Waals surface area contributed by atoms with Crippen molar-refractivity contribution >= 4 is 0 Å². The van der Waals surface area contributed by atoms with Crippen LogP contribution in [0.25, 0.3) is 0 Å². The van der Waals surface area contributed by atoms with Gasteiger partial charge in [0, 0.05) is 12.1 Å². The van der Waals surface area contributed by atoms with E-state index in [1.54, 1.807) is 0 Å². The first-order valence-electron chi connectivity index (χ1n) is 6.98. The Morgan fingerprint density at radius 3 is 2.67 bits per heavy atom. The molecule has 1 aromatic carbocycles. The lowest BCUT2D eigenvalue weighted by Crippen LogP contribution is -2.43. The third-order valence-corrected chi connectivity index (χ3v) is 3.61. The van der Waals surface area contributed by atoms with Crippen molar-refractivity contribution in [3.8, 4) is 5.75 Å². The SMILES string of the molecule is CCOc1ccc(C(NC)C2CCCCN2)cc1. The molecule has 100 valence electrons. The molecule has 2 rings (SSSR count). The van der Waals surface area contributed by atoms with Crippen LogP contribution in [0.4, 0.5) is 0 Å². The molecule has 0 aromatic heterocycles. The standard InChI is InChI=1S/C15H24N2O/c1-3-18-13-9-7-12(8-10-13)15(16-2)14-6-4-5-11-17-14/h7-10,14-17H,3-6,11H2,1-2H3. The van der Waals surface area contributed by atoms with Crippen LogP contribution in [0, 0.1) is 0 Å². The molecule has 3 nitrogen and oxygen atoms in total. The fourth-order valence-electron chi connectivity index (χ4n) is 2.70. The first kappa shape index (κ1) is 13.4. The Balaban J connectivity index is 2.06. The minimum absolute atomic E-state index is 0.390. The van der Waals surface area contributed by atoms with Gasteiger partial charge in [0.2, 0.25) is 0 Å². The van der Waals surface area contributed by atoms with Gasteiger partial charge in [-0.2, -0.15) is 0 Å². The molecule has 1 aromatic rings. The van der Waals surface area contributed by atoms with Gasteiger partial charge in [0.15, 0.2) is 0 Å². The van der Waals surface area contributed by atoms with Crippen molar-refractivity contribution in [3.63, 3.8) is 0 Å². The molecular weight excluding hydrogens is 224 g/mol. The molecule has 1 saturated heterocycles. The van der Waals surface area contributed by atoms with Crippen molar-refractivity contribution in [2.24, 2.45) is 0 Å². The Morgan fingerprint density at radius 2 is 2.11 bits per heavy atom. The van der Waals surface area contributed by atoms with Gasteiger partial charge in [0.25, 0.3) is 0 Å². The predicted octanol–water partition coefficient (Wildman–Crippen LogP) is 2.49. The van der Waals surface area contributed by atoms with Crippen LogP contribution < -0.4 is 15.4 Å². The maximum Gasteiger partial charge on any atom is 0.119 e. The third kappa shape index (κ3) is 3.24. The number of hydrogen-bond donors (Lipinski definition) is 2. The summed E-state index contributed by atoms with van der Waals surface area (Å²) < 4.78 is 5.48. The topological polar surface area (TPSA) is 33.3 Å². The molecule has 1 aliphatic heterocycles.